The zero-order chi connectivity index (χ0) is 10.7. The molecule has 0 amide bonds. The van der Waals surface area contributed by atoms with E-state index in [0.29, 0.717) is 12.6 Å². The second-order valence-corrected chi connectivity index (χ2v) is 4.87. The normalized spacial score (nSPS) is 22.9. The van der Waals surface area contributed by atoms with E-state index in [2.05, 4.69) is 17.1 Å². The van der Waals surface area contributed by atoms with Crippen molar-refractivity contribution in [2.75, 3.05) is 26.2 Å². The number of ketones is 1. The standard InChI is InChI=1S/C11H16N2OS/c1-9-7-12-4-5-13(9)8-10(14)11-3-2-6-15-11/h2-3,6,9,12H,4-5,7-8H2,1H3. The summed E-state index contributed by atoms with van der Waals surface area (Å²) in [6.07, 6.45) is 0. The van der Waals surface area contributed by atoms with Crippen LogP contribution in [0, 0.1) is 0 Å². The van der Waals surface area contributed by atoms with Crippen LogP contribution in [-0.2, 0) is 0 Å². The molecular formula is C11H16N2OS. The van der Waals surface area contributed by atoms with E-state index in [9.17, 15) is 4.79 Å². The Labute approximate surface area is 94.1 Å². The maximum atomic E-state index is 11.9. The van der Waals surface area contributed by atoms with Gasteiger partial charge in [0.2, 0.25) is 0 Å². The highest BCUT2D eigenvalue weighted by Gasteiger charge is 2.20. The van der Waals surface area contributed by atoms with Gasteiger partial charge in [0.25, 0.3) is 0 Å². The van der Waals surface area contributed by atoms with E-state index in [1.165, 1.54) is 11.3 Å². The van der Waals surface area contributed by atoms with Gasteiger partial charge in [-0.15, -0.1) is 11.3 Å². The lowest BCUT2D eigenvalue weighted by atomic mass is 10.2. The second kappa shape index (κ2) is 4.88. The van der Waals surface area contributed by atoms with Gasteiger partial charge in [-0.25, -0.2) is 0 Å². The molecule has 1 aromatic rings. The van der Waals surface area contributed by atoms with E-state index < -0.39 is 0 Å². The van der Waals surface area contributed by atoms with Crippen molar-refractivity contribution in [2.24, 2.45) is 0 Å². The van der Waals surface area contributed by atoms with Gasteiger partial charge < -0.3 is 5.32 Å². The zero-order valence-corrected chi connectivity index (χ0v) is 9.72. The molecule has 2 rings (SSSR count). The summed E-state index contributed by atoms with van der Waals surface area (Å²) >= 11 is 1.53. The molecule has 15 heavy (non-hydrogen) atoms. The quantitative estimate of drug-likeness (QED) is 0.784. The molecule has 3 nitrogen and oxygen atoms in total. The fraction of sp³-hybridized carbons (Fsp3) is 0.545. The largest absolute Gasteiger partial charge is 0.314 e. The lowest BCUT2D eigenvalue weighted by Crippen LogP contribution is -2.51. The Balaban J connectivity index is 1.93. The van der Waals surface area contributed by atoms with E-state index in [1.54, 1.807) is 0 Å². The minimum absolute atomic E-state index is 0.249. The Morgan fingerprint density at radius 3 is 3.27 bits per heavy atom. The third kappa shape index (κ3) is 2.65. The van der Waals surface area contributed by atoms with Crippen molar-refractivity contribution in [1.82, 2.24) is 10.2 Å². The number of nitrogens with one attached hydrogen (secondary N) is 1. The molecule has 0 aliphatic carbocycles. The maximum absolute atomic E-state index is 11.9. The fourth-order valence-electron chi connectivity index (χ4n) is 1.82. The summed E-state index contributed by atoms with van der Waals surface area (Å²) in [6.45, 7) is 5.66. The predicted molar refractivity (Wildman–Crippen MR) is 62.6 cm³/mol. The van der Waals surface area contributed by atoms with Crippen molar-refractivity contribution in [2.45, 2.75) is 13.0 Å². The smallest absolute Gasteiger partial charge is 0.186 e. The van der Waals surface area contributed by atoms with Gasteiger partial charge in [-0.1, -0.05) is 6.07 Å². The highest BCUT2D eigenvalue weighted by atomic mass is 32.1. The van der Waals surface area contributed by atoms with Crippen molar-refractivity contribution >= 4 is 17.1 Å². The molecule has 0 aromatic carbocycles. The van der Waals surface area contributed by atoms with E-state index in [4.69, 9.17) is 0 Å². The number of rotatable bonds is 3. The van der Waals surface area contributed by atoms with Gasteiger partial charge in [0.1, 0.15) is 0 Å². The topological polar surface area (TPSA) is 32.3 Å². The molecule has 1 saturated heterocycles. The van der Waals surface area contributed by atoms with Crippen LogP contribution in [0.1, 0.15) is 16.6 Å². The monoisotopic (exact) mass is 224 g/mol. The predicted octanol–water partition coefficient (Wildman–Crippen LogP) is 1.22. The average molecular weight is 224 g/mol. The Hall–Kier alpha value is -0.710. The van der Waals surface area contributed by atoms with Crippen LogP contribution in [0.25, 0.3) is 0 Å². The van der Waals surface area contributed by atoms with Crippen molar-refractivity contribution in [3.63, 3.8) is 0 Å². The van der Waals surface area contributed by atoms with Crippen LogP contribution in [0.5, 0.6) is 0 Å². The van der Waals surface area contributed by atoms with Crippen LogP contribution >= 0.6 is 11.3 Å². The molecule has 0 spiro atoms. The summed E-state index contributed by atoms with van der Waals surface area (Å²) in [5.41, 5.74) is 0. The van der Waals surface area contributed by atoms with Gasteiger partial charge in [0.15, 0.2) is 5.78 Å². The molecule has 1 N–H and O–H groups in total. The van der Waals surface area contributed by atoms with Gasteiger partial charge in [0.05, 0.1) is 11.4 Å². The van der Waals surface area contributed by atoms with Crippen molar-refractivity contribution < 1.29 is 4.79 Å². The number of hydrogen-bond acceptors (Lipinski definition) is 4. The van der Waals surface area contributed by atoms with Crippen LogP contribution < -0.4 is 5.32 Å². The van der Waals surface area contributed by atoms with Crippen LogP contribution in [0.15, 0.2) is 17.5 Å². The molecule has 2 heterocycles. The van der Waals surface area contributed by atoms with E-state index in [1.807, 2.05) is 17.5 Å². The summed E-state index contributed by atoms with van der Waals surface area (Å²) in [6, 6.07) is 4.29. The minimum Gasteiger partial charge on any atom is -0.314 e. The first kappa shape index (κ1) is 10.8. The lowest BCUT2D eigenvalue weighted by Gasteiger charge is -2.33. The molecule has 0 radical (unpaired) electrons. The number of piperazine rings is 1. The van der Waals surface area contributed by atoms with Crippen molar-refractivity contribution in [3.05, 3.63) is 22.4 Å². The number of hydrogen-bond donors (Lipinski definition) is 1. The molecule has 1 aliphatic heterocycles. The van der Waals surface area contributed by atoms with Crippen LogP contribution in [0.3, 0.4) is 0 Å². The summed E-state index contributed by atoms with van der Waals surface area (Å²) in [5, 5.41) is 5.27. The Morgan fingerprint density at radius 1 is 1.73 bits per heavy atom. The number of carbonyl (C=O) groups is 1. The summed E-state index contributed by atoms with van der Waals surface area (Å²) in [7, 11) is 0. The lowest BCUT2D eigenvalue weighted by molar-refractivity contribution is 0.0879. The average Bonchev–Trinajstić information content (AvgIpc) is 2.74. The number of nitrogens with zero attached hydrogens (tertiary/aromatic N) is 1. The summed E-state index contributed by atoms with van der Waals surface area (Å²) in [4.78, 5) is 15.0. The molecule has 1 fully saturated rings. The molecule has 82 valence electrons. The first-order chi connectivity index (χ1) is 7.27. The SMILES string of the molecule is CC1CNCCN1CC(=O)c1cccs1. The van der Waals surface area contributed by atoms with Crippen molar-refractivity contribution in [3.8, 4) is 0 Å². The molecular weight excluding hydrogens is 208 g/mol. The van der Waals surface area contributed by atoms with Crippen LogP contribution in [0.2, 0.25) is 0 Å². The zero-order valence-electron chi connectivity index (χ0n) is 8.90. The molecule has 0 saturated carbocycles. The summed E-state index contributed by atoms with van der Waals surface area (Å²) in [5.74, 6) is 0.249. The maximum Gasteiger partial charge on any atom is 0.186 e. The molecule has 1 aromatic heterocycles. The highest BCUT2D eigenvalue weighted by molar-refractivity contribution is 7.12. The molecule has 4 heteroatoms. The number of carbonyl (C=O) groups excluding carboxylic acids is 1. The van der Waals surface area contributed by atoms with Crippen molar-refractivity contribution in [1.29, 1.82) is 0 Å². The summed E-state index contributed by atoms with van der Waals surface area (Å²) < 4.78 is 0. The number of Topliss-reactive ketones (excluding diaryl/α,β-unsaturated/α-hetero) is 1. The Kier molecular flexibility index (Phi) is 3.51. The van der Waals surface area contributed by atoms with Gasteiger partial charge >= 0.3 is 0 Å². The molecule has 0 bridgehead atoms. The molecule has 1 atom stereocenters. The van der Waals surface area contributed by atoms with Crippen LogP contribution in [0.4, 0.5) is 0 Å². The Bertz CT molecular complexity index is 323. The van der Waals surface area contributed by atoms with Gasteiger partial charge in [-0.05, 0) is 18.4 Å². The van der Waals surface area contributed by atoms with Gasteiger partial charge in [-0.3, -0.25) is 9.69 Å². The second-order valence-electron chi connectivity index (χ2n) is 3.92. The van der Waals surface area contributed by atoms with E-state index in [-0.39, 0.29) is 5.78 Å². The van der Waals surface area contributed by atoms with E-state index >= 15 is 0 Å². The number of thiophene rings is 1. The van der Waals surface area contributed by atoms with Crippen LogP contribution in [-0.4, -0.2) is 42.9 Å². The highest BCUT2D eigenvalue weighted by Crippen LogP contribution is 2.11. The van der Waals surface area contributed by atoms with Gasteiger partial charge in [-0.2, -0.15) is 0 Å². The third-order valence-corrected chi connectivity index (χ3v) is 3.69. The molecule has 1 aliphatic rings. The fourth-order valence-corrected chi connectivity index (χ4v) is 2.47. The third-order valence-electron chi connectivity index (χ3n) is 2.78. The first-order valence-electron chi connectivity index (χ1n) is 5.29. The van der Waals surface area contributed by atoms with E-state index in [0.717, 1.165) is 24.5 Å². The first-order valence-corrected chi connectivity index (χ1v) is 6.17. The van der Waals surface area contributed by atoms with Gasteiger partial charge in [0, 0.05) is 25.7 Å². The molecule has 1 unspecified atom stereocenters. The Morgan fingerprint density at radius 2 is 2.60 bits per heavy atom. The minimum atomic E-state index is 0.249.